The van der Waals surface area contributed by atoms with Crippen molar-refractivity contribution >= 4 is 9.84 Å². The highest BCUT2D eigenvalue weighted by Gasteiger charge is 2.50. The van der Waals surface area contributed by atoms with E-state index < -0.39 is 19.8 Å². The molecule has 0 spiro atoms. The summed E-state index contributed by atoms with van der Waals surface area (Å²) in [6.07, 6.45) is 1.90. The Morgan fingerprint density at radius 1 is 1.42 bits per heavy atom. The van der Waals surface area contributed by atoms with E-state index in [2.05, 4.69) is 0 Å². The number of rotatable bonds is 2. The fourth-order valence-corrected chi connectivity index (χ4v) is 3.30. The van der Waals surface area contributed by atoms with E-state index in [4.69, 9.17) is 5.26 Å². The van der Waals surface area contributed by atoms with Gasteiger partial charge in [0.2, 0.25) is 0 Å². The zero-order valence-electron chi connectivity index (χ0n) is 7.37. The predicted octanol–water partition coefficient (Wildman–Crippen LogP) is 1.26. The van der Waals surface area contributed by atoms with E-state index in [1.165, 1.54) is 0 Å². The van der Waals surface area contributed by atoms with Gasteiger partial charge in [-0.15, -0.1) is 0 Å². The van der Waals surface area contributed by atoms with E-state index in [9.17, 15) is 8.42 Å². The topological polar surface area (TPSA) is 57.9 Å². The maximum absolute atomic E-state index is 11.6. The molecule has 0 N–H and O–H groups in total. The third-order valence-electron chi connectivity index (χ3n) is 2.53. The molecule has 0 heterocycles. The molecule has 3 nitrogen and oxygen atoms in total. The molecule has 12 heavy (non-hydrogen) atoms. The minimum atomic E-state index is -3.21. The molecule has 68 valence electrons. The van der Waals surface area contributed by atoms with Crippen LogP contribution in [0.2, 0.25) is 0 Å². The van der Waals surface area contributed by atoms with Gasteiger partial charge in [-0.25, -0.2) is 8.42 Å². The largest absolute Gasteiger partial charge is 0.227 e. The molecule has 1 rings (SSSR count). The highest BCUT2D eigenvalue weighted by molar-refractivity contribution is 7.93. The molecule has 0 aromatic heterocycles. The van der Waals surface area contributed by atoms with Crippen molar-refractivity contribution in [3.05, 3.63) is 0 Å². The summed E-state index contributed by atoms with van der Waals surface area (Å²) in [5.74, 6) is 0. The minimum Gasteiger partial charge on any atom is -0.227 e. The van der Waals surface area contributed by atoms with E-state index in [1.54, 1.807) is 13.8 Å². The van der Waals surface area contributed by atoms with Crippen molar-refractivity contribution in [3.63, 3.8) is 0 Å². The van der Waals surface area contributed by atoms with Crippen LogP contribution in [0, 0.1) is 11.3 Å². The van der Waals surface area contributed by atoms with Gasteiger partial charge < -0.3 is 0 Å². The Bertz CT molecular complexity index is 306. The Morgan fingerprint density at radius 2 is 1.92 bits per heavy atom. The second-order valence-electron chi connectivity index (χ2n) is 3.55. The second-order valence-corrected chi connectivity index (χ2v) is 6.37. The highest BCUT2D eigenvalue weighted by Crippen LogP contribution is 2.40. The molecule has 1 aliphatic rings. The van der Waals surface area contributed by atoms with E-state index in [1.807, 2.05) is 6.07 Å². The van der Waals surface area contributed by atoms with Gasteiger partial charge in [0.25, 0.3) is 0 Å². The lowest BCUT2D eigenvalue weighted by molar-refractivity contribution is 0.403. The third-order valence-corrected chi connectivity index (χ3v) is 5.36. The summed E-state index contributed by atoms with van der Waals surface area (Å²) in [6, 6.07) is 1.95. The fourth-order valence-electron chi connectivity index (χ4n) is 1.41. The Labute approximate surface area is 73.3 Å². The van der Waals surface area contributed by atoms with Crippen molar-refractivity contribution in [1.29, 1.82) is 5.26 Å². The van der Waals surface area contributed by atoms with Gasteiger partial charge in [-0.1, -0.05) is 0 Å². The molecular formula is C8H13NO2S. The maximum Gasteiger partial charge on any atom is 0.171 e. The third kappa shape index (κ3) is 1.04. The van der Waals surface area contributed by atoms with Crippen molar-refractivity contribution in [2.75, 3.05) is 0 Å². The zero-order chi connectivity index (χ0) is 9.41. The SMILES string of the molecule is CC(C)S(=O)(=O)C1(C#N)CCC1. The predicted molar refractivity (Wildman–Crippen MR) is 46.3 cm³/mol. The molecule has 0 amide bonds. The van der Waals surface area contributed by atoms with Crippen LogP contribution in [0.3, 0.4) is 0 Å². The van der Waals surface area contributed by atoms with Crippen molar-refractivity contribution in [3.8, 4) is 6.07 Å². The van der Waals surface area contributed by atoms with E-state index in [0.717, 1.165) is 6.42 Å². The number of nitrogens with zero attached hydrogens (tertiary/aromatic N) is 1. The molecule has 0 radical (unpaired) electrons. The van der Waals surface area contributed by atoms with Crippen molar-refractivity contribution in [2.24, 2.45) is 0 Å². The normalized spacial score (nSPS) is 21.5. The maximum atomic E-state index is 11.6. The van der Waals surface area contributed by atoms with Gasteiger partial charge in [-0.2, -0.15) is 5.26 Å². The lowest BCUT2D eigenvalue weighted by atomic mass is 9.86. The van der Waals surface area contributed by atoms with Gasteiger partial charge in [0.15, 0.2) is 14.6 Å². The van der Waals surface area contributed by atoms with Crippen LogP contribution >= 0.6 is 0 Å². The van der Waals surface area contributed by atoms with Crippen molar-refractivity contribution in [2.45, 2.75) is 43.1 Å². The first-order chi connectivity index (χ1) is 5.46. The van der Waals surface area contributed by atoms with Crippen LogP contribution in [-0.4, -0.2) is 18.4 Å². The average molecular weight is 187 g/mol. The number of nitriles is 1. The molecule has 0 aliphatic heterocycles. The summed E-state index contributed by atoms with van der Waals surface area (Å²) in [4.78, 5) is 0. The highest BCUT2D eigenvalue weighted by atomic mass is 32.2. The monoisotopic (exact) mass is 187 g/mol. The quantitative estimate of drug-likeness (QED) is 0.653. The van der Waals surface area contributed by atoms with Crippen LogP contribution < -0.4 is 0 Å². The molecule has 1 saturated carbocycles. The summed E-state index contributed by atoms with van der Waals surface area (Å²) >= 11 is 0. The molecule has 0 aromatic rings. The van der Waals surface area contributed by atoms with E-state index >= 15 is 0 Å². The molecule has 1 aliphatic carbocycles. The van der Waals surface area contributed by atoms with Crippen molar-refractivity contribution in [1.82, 2.24) is 0 Å². The molecule has 0 unspecified atom stereocenters. The smallest absolute Gasteiger partial charge is 0.171 e. The standard InChI is InChI=1S/C8H13NO2S/c1-7(2)12(10,11)8(6-9)4-3-5-8/h7H,3-5H2,1-2H3. The summed E-state index contributed by atoms with van der Waals surface area (Å²) in [5.41, 5.74) is 0. The Hall–Kier alpha value is -0.560. The van der Waals surface area contributed by atoms with E-state index in [-0.39, 0.29) is 0 Å². The van der Waals surface area contributed by atoms with Crippen LogP contribution in [-0.2, 0) is 9.84 Å². The molecule has 0 bridgehead atoms. The first-order valence-corrected chi connectivity index (χ1v) is 5.65. The van der Waals surface area contributed by atoms with Crippen LogP contribution in [0.5, 0.6) is 0 Å². The second kappa shape index (κ2) is 2.74. The van der Waals surface area contributed by atoms with Gasteiger partial charge in [-0.05, 0) is 33.1 Å². The lowest BCUT2D eigenvalue weighted by Crippen LogP contribution is -2.47. The summed E-state index contributed by atoms with van der Waals surface area (Å²) < 4.78 is 22.2. The first kappa shape index (κ1) is 9.53. The molecule has 1 fully saturated rings. The van der Waals surface area contributed by atoms with Crippen LogP contribution in [0.15, 0.2) is 0 Å². The Morgan fingerprint density at radius 3 is 2.00 bits per heavy atom. The summed E-state index contributed by atoms with van der Waals surface area (Å²) in [7, 11) is -3.21. The average Bonchev–Trinajstić information content (AvgIpc) is 1.85. The molecule has 0 aromatic carbocycles. The van der Waals surface area contributed by atoms with Crippen molar-refractivity contribution < 1.29 is 8.42 Å². The number of hydrogen-bond donors (Lipinski definition) is 0. The van der Waals surface area contributed by atoms with Gasteiger partial charge in [0.05, 0.1) is 11.3 Å². The number of sulfone groups is 1. The minimum absolute atomic E-state index is 0.433. The van der Waals surface area contributed by atoms with E-state index in [0.29, 0.717) is 12.8 Å². The Kier molecular flexibility index (Phi) is 2.17. The summed E-state index contributed by atoms with van der Waals surface area (Å²) in [6.45, 7) is 3.26. The summed E-state index contributed by atoms with van der Waals surface area (Å²) in [5, 5.41) is 8.36. The zero-order valence-corrected chi connectivity index (χ0v) is 8.19. The van der Waals surface area contributed by atoms with Gasteiger partial charge in [0.1, 0.15) is 0 Å². The molecular weight excluding hydrogens is 174 g/mol. The van der Waals surface area contributed by atoms with Crippen LogP contribution in [0.25, 0.3) is 0 Å². The molecule has 4 heteroatoms. The number of hydrogen-bond acceptors (Lipinski definition) is 3. The Balaban J connectivity index is 3.04. The first-order valence-electron chi connectivity index (χ1n) is 4.11. The van der Waals surface area contributed by atoms with Gasteiger partial charge >= 0.3 is 0 Å². The van der Waals surface area contributed by atoms with Crippen LogP contribution in [0.4, 0.5) is 0 Å². The fraction of sp³-hybridized carbons (Fsp3) is 0.875. The molecule has 0 atom stereocenters. The van der Waals surface area contributed by atoms with Gasteiger partial charge in [0, 0.05) is 0 Å². The lowest BCUT2D eigenvalue weighted by Gasteiger charge is -2.35. The van der Waals surface area contributed by atoms with Gasteiger partial charge in [-0.3, -0.25) is 0 Å². The van der Waals surface area contributed by atoms with Crippen LogP contribution in [0.1, 0.15) is 33.1 Å². The molecule has 0 saturated heterocycles.